The maximum absolute atomic E-state index is 12.4. The number of ether oxygens (including phenoxy) is 3. The Bertz CT molecular complexity index is 906. The molecule has 0 radical (unpaired) electrons. The van der Waals surface area contributed by atoms with Crippen LogP contribution in [-0.2, 0) is 6.54 Å². The van der Waals surface area contributed by atoms with Crippen LogP contribution in [0.15, 0.2) is 42.7 Å². The van der Waals surface area contributed by atoms with Gasteiger partial charge in [0.05, 0.1) is 19.6 Å². The molecular formula is C18H17F3N2O3. The van der Waals surface area contributed by atoms with Gasteiger partial charge in [-0.2, -0.15) is 13.2 Å². The average molecular weight is 366 g/mol. The Hall–Kier alpha value is -2.90. The number of rotatable bonds is 6. The molecule has 0 aliphatic rings. The van der Waals surface area contributed by atoms with Crippen molar-refractivity contribution in [2.24, 2.45) is 0 Å². The van der Waals surface area contributed by atoms with Crippen LogP contribution in [-0.4, -0.2) is 36.6 Å². The molecule has 2 aromatic heterocycles. The third-order valence-corrected chi connectivity index (χ3v) is 3.79. The first kappa shape index (κ1) is 17.9. The molecule has 0 aliphatic heterocycles. The number of benzene rings is 1. The molecule has 3 rings (SSSR count). The van der Waals surface area contributed by atoms with Gasteiger partial charge in [-0.1, -0.05) is 6.07 Å². The van der Waals surface area contributed by atoms with Crippen molar-refractivity contribution in [3.63, 3.8) is 0 Å². The van der Waals surface area contributed by atoms with E-state index >= 15 is 0 Å². The summed E-state index contributed by atoms with van der Waals surface area (Å²) in [4.78, 5) is 4.35. The Morgan fingerprint density at radius 1 is 1.04 bits per heavy atom. The second-order valence-electron chi connectivity index (χ2n) is 5.59. The van der Waals surface area contributed by atoms with Crippen LogP contribution in [0.3, 0.4) is 0 Å². The van der Waals surface area contributed by atoms with Gasteiger partial charge in [0.15, 0.2) is 18.1 Å². The van der Waals surface area contributed by atoms with Crippen molar-refractivity contribution in [3.8, 4) is 17.2 Å². The first-order chi connectivity index (χ1) is 12.4. The summed E-state index contributed by atoms with van der Waals surface area (Å²) in [6, 6.07) is 8.58. The van der Waals surface area contributed by atoms with Gasteiger partial charge in [-0.3, -0.25) is 0 Å². The maximum atomic E-state index is 12.4. The van der Waals surface area contributed by atoms with E-state index < -0.39 is 12.8 Å². The van der Waals surface area contributed by atoms with E-state index in [0.29, 0.717) is 12.3 Å². The van der Waals surface area contributed by atoms with Crippen molar-refractivity contribution < 1.29 is 27.4 Å². The third-order valence-electron chi connectivity index (χ3n) is 3.79. The van der Waals surface area contributed by atoms with Crippen molar-refractivity contribution in [1.29, 1.82) is 0 Å². The smallest absolute Gasteiger partial charge is 0.422 e. The number of alkyl halides is 3. The van der Waals surface area contributed by atoms with Gasteiger partial charge in [0, 0.05) is 18.9 Å². The fraction of sp³-hybridized carbons (Fsp3) is 0.278. The zero-order valence-corrected chi connectivity index (χ0v) is 14.2. The molecule has 0 aliphatic carbocycles. The second kappa shape index (κ2) is 7.15. The molecule has 26 heavy (non-hydrogen) atoms. The van der Waals surface area contributed by atoms with E-state index in [9.17, 15) is 13.2 Å². The van der Waals surface area contributed by atoms with Crippen molar-refractivity contribution in [3.05, 3.63) is 48.3 Å². The van der Waals surface area contributed by atoms with Gasteiger partial charge in [-0.05, 0) is 29.8 Å². The highest BCUT2D eigenvalue weighted by Crippen LogP contribution is 2.31. The van der Waals surface area contributed by atoms with Crippen LogP contribution in [0.5, 0.6) is 17.2 Å². The lowest BCUT2D eigenvalue weighted by atomic mass is 10.2. The van der Waals surface area contributed by atoms with E-state index in [1.165, 1.54) is 13.2 Å². The standard InChI is InChI=1S/C18H17F3N2O3/c1-24-14-6-5-12(8-15(14)26-11-18(19,20)21)9-23-10-16(25-2)13-4-3-7-22-17(13)23/h3-8,10H,9,11H2,1-2H3. The van der Waals surface area contributed by atoms with Crippen LogP contribution in [0.1, 0.15) is 5.56 Å². The summed E-state index contributed by atoms with van der Waals surface area (Å²) in [6.07, 6.45) is -0.947. The minimum atomic E-state index is -4.42. The lowest BCUT2D eigenvalue weighted by molar-refractivity contribution is -0.153. The van der Waals surface area contributed by atoms with Crippen LogP contribution in [0, 0.1) is 0 Å². The quantitative estimate of drug-likeness (QED) is 0.660. The highest BCUT2D eigenvalue weighted by molar-refractivity contribution is 5.83. The number of nitrogens with zero attached hydrogens (tertiary/aromatic N) is 2. The Labute approximate surface area is 147 Å². The Morgan fingerprint density at radius 2 is 1.81 bits per heavy atom. The molecule has 0 bridgehead atoms. The lowest BCUT2D eigenvalue weighted by Gasteiger charge is -2.14. The number of halogens is 3. The van der Waals surface area contributed by atoms with Gasteiger partial charge in [-0.25, -0.2) is 4.98 Å². The normalized spacial score (nSPS) is 11.6. The second-order valence-corrected chi connectivity index (χ2v) is 5.59. The monoisotopic (exact) mass is 366 g/mol. The Balaban J connectivity index is 1.91. The van der Waals surface area contributed by atoms with E-state index in [-0.39, 0.29) is 11.5 Å². The van der Waals surface area contributed by atoms with E-state index in [1.54, 1.807) is 31.6 Å². The molecule has 1 aromatic carbocycles. The van der Waals surface area contributed by atoms with E-state index in [2.05, 4.69) is 4.98 Å². The molecule has 3 aromatic rings. The summed E-state index contributed by atoms with van der Waals surface area (Å²) in [5, 5.41) is 0.858. The summed E-state index contributed by atoms with van der Waals surface area (Å²) in [5.41, 5.74) is 1.46. The molecule has 0 amide bonds. The number of pyridine rings is 1. The van der Waals surface area contributed by atoms with Gasteiger partial charge >= 0.3 is 6.18 Å². The van der Waals surface area contributed by atoms with E-state index in [1.807, 2.05) is 16.7 Å². The summed E-state index contributed by atoms with van der Waals surface area (Å²) in [7, 11) is 2.95. The lowest BCUT2D eigenvalue weighted by Crippen LogP contribution is -2.19. The van der Waals surface area contributed by atoms with Gasteiger partial charge < -0.3 is 18.8 Å². The molecular weight excluding hydrogens is 349 g/mol. The molecule has 138 valence electrons. The molecule has 5 nitrogen and oxygen atoms in total. The minimum Gasteiger partial charge on any atom is -0.494 e. The fourth-order valence-corrected chi connectivity index (χ4v) is 2.66. The number of hydrogen-bond donors (Lipinski definition) is 0. The summed E-state index contributed by atoms with van der Waals surface area (Å²) < 4.78 is 54.5. The van der Waals surface area contributed by atoms with Gasteiger partial charge in [-0.15, -0.1) is 0 Å². The number of methoxy groups -OCH3 is 2. The fourth-order valence-electron chi connectivity index (χ4n) is 2.66. The van der Waals surface area contributed by atoms with Crippen molar-refractivity contribution in [2.75, 3.05) is 20.8 Å². The molecule has 2 heterocycles. The first-order valence-corrected chi connectivity index (χ1v) is 7.75. The van der Waals surface area contributed by atoms with Crippen molar-refractivity contribution in [2.45, 2.75) is 12.7 Å². The number of hydrogen-bond acceptors (Lipinski definition) is 4. The zero-order valence-electron chi connectivity index (χ0n) is 14.2. The average Bonchev–Trinajstić information content (AvgIpc) is 2.97. The molecule has 8 heteroatoms. The Morgan fingerprint density at radius 3 is 2.50 bits per heavy atom. The molecule has 0 fully saturated rings. The first-order valence-electron chi connectivity index (χ1n) is 7.75. The molecule has 0 unspecified atom stereocenters. The van der Waals surface area contributed by atoms with Gasteiger partial charge in [0.1, 0.15) is 11.4 Å². The summed E-state index contributed by atoms with van der Waals surface area (Å²) in [6.45, 7) is -0.988. The number of fused-ring (bicyclic) bond motifs is 1. The molecule has 0 atom stereocenters. The van der Waals surface area contributed by atoms with Crippen molar-refractivity contribution >= 4 is 11.0 Å². The summed E-state index contributed by atoms with van der Waals surface area (Å²) in [5.74, 6) is 0.958. The molecule has 0 saturated carbocycles. The SMILES string of the molecule is COc1ccc(Cn2cc(OC)c3cccnc32)cc1OCC(F)(F)F. The zero-order chi connectivity index (χ0) is 18.7. The molecule has 0 spiro atoms. The maximum Gasteiger partial charge on any atom is 0.422 e. The van der Waals surface area contributed by atoms with E-state index in [4.69, 9.17) is 14.2 Å². The third kappa shape index (κ3) is 3.84. The Kier molecular flexibility index (Phi) is 4.92. The minimum absolute atomic E-state index is 0.0405. The predicted octanol–water partition coefficient (Wildman–Crippen LogP) is 4.04. The van der Waals surface area contributed by atoms with E-state index in [0.717, 1.165) is 16.6 Å². The highest BCUT2D eigenvalue weighted by Gasteiger charge is 2.29. The van der Waals surface area contributed by atoms with Gasteiger partial charge in [0.25, 0.3) is 0 Å². The number of aromatic nitrogens is 2. The van der Waals surface area contributed by atoms with Crippen molar-refractivity contribution in [1.82, 2.24) is 9.55 Å². The molecule has 0 N–H and O–H groups in total. The predicted molar refractivity (Wildman–Crippen MR) is 89.9 cm³/mol. The van der Waals surface area contributed by atoms with Crippen LogP contribution in [0.2, 0.25) is 0 Å². The largest absolute Gasteiger partial charge is 0.494 e. The van der Waals surface area contributed by atoms with Gasteiger partial charge in [0.2, 0.25) is 0 Å². The summed E-state index contributed by atoms with van der Waals surface area (Å²) >= 11 is 0. The van der Waals surface area contributed by atoms with Crippen LogP contribution in [0.4, 0.5) is 13.2 Å². The van der Waals surface area contributed by atoms with Crippen LogP contribution >= 0.6 is 0 Å². The topological polar surface area (TPSA) is 45.5 Å². The van der Waals surface area contributed by atoms with Crippen LogP contribution < -0.4 is 14.2 Å². The highest BCUT2D eigenvalue weighted by atomic mass is 19.4. The molecule has 0 saturated heterocycles. The van der Waals surface area contributed by atoms with Crippen LogP contribution in [0.25, 0.3) is 11.0 Å².